The maximum absolute atomic E-state index is 12.5. The molecule has 0 aliphatic rings. The van der Waals surface area contributed by atoms with E-state index in [2.05, 4.69) is 4.98 Å². The lowest BCUT2D eigenvalue weighted by Gasteiger charge is -2.20. The van der Waals surface area contributed by atoms with Crippen molar-refractivity contribution in [1.29, 1.82) is 5.26 Å². The zero-order chi connectivity index (χ0) is 16.0. The van der Waals surface area contributed by atoms with Gasteiger partial charge in [-0.25, -0.2) is 4.98 Å². The molecular formula is C14H16F3N3O. The Morgan fingerprint density at radius 3 is 2.57 bits per heavy atom. The number of carbonyl (C=O) groups excluding carboxylic acids is 1. The Labute approximate surface area is 121 Å². The van der Waals surface area contributed by atoms with Gasteiger partial charge in [0.15, 0.2) is 0 Å². The second-order valence-corrected chi connectivity index (χ2v) is 4.57. The van der Waals surface area contributed by atoms with E-state index in [1.54, 1.807) is 0 Å². The predicted octanol–water partition coefficient (Wildman–Crippen LogP) is 3.17. The molecule has 0 N–H and O–H groups in total. The number of halogens is 3. The monoisotopic (exact) mass is 299 g/mol. The van der Waals surface area contributed by atoms with Gasteiger partial charge >= 0.3 is 6.18 Å². The van der Waals surface area contributed by atoms with Crippen molar-refractivity contribution in [2.24, 2.45) is 0 Å². The van der Waals surface area contributed by atoms with Crippen molar-refractivity contribution in [3.05, 3.63) is 29.1 Å². The number of aryl methyl sites for hydroxylation is 1. The summed E-state index contributed by atoms with van der Waals surface area (Å²) in [5, 5.41) is 8.74. The van der Waals surface area contributed by atoms with Crippen LogP contribution in [0.2, 0.25) is 0 Å². The minimum atomic E-state index is -4.54. The third-order valence-electron chi connectivity index (χ3n) is 2.94. The summed E-state index contributed by atoms with van der Waals surface area (Å²) >= 11 is 0. The van der Waals surface area contributed by atoms with E-state index in [1.807, 2.05) is 13.0 Å². The fourth-order valence-electron chi connectivity index (χ4n) is 1.80. The number of hydrogen-bond donors (Lipinski definition) is 0. The molecule has 0 atom stereocenters. The number of carbonyl (C=O) groups is 1. The molecule has 7 heteroatoms. The number of amides is 1. The van der Waals surface area contributed by atoms with Gasteiger partial charge in [-0.2, -0.15) is 18.4 Å². The van der Waals surface area contributed by atoms with Crippen molar-refractivity contribution in [1.82, 2.24) is 9.88 Å². The highest BCUT2D eigenvalue weighted by molar-refractivity contribution is 5.95. The molecule has 1 aromatic rings. The van der Waals surface area contributed by atoms with E-state index in [1.165, 1.54) is 11.8 Å². The van der Waals surface area contributed by atoms with Gasteiger partial charge in [0.1, 0.15) is 12.2 Å². The van der Waals surface area contributed by atoms with Crippen molar-refractivity contribution in [2.45, 2.75) is 32.9 Å². The van der Waals surface area contributed by atoms with Crippen LogP contribution in [-0.4, -0.2) is 28.9 Å². The van der Waals surface area contributed by atoms with E-state index in [0.717, 1.165) is 25.0 Å². The minimum absolute atomic E-state index is 0.00858. The summed E-state index contributed by atoms with van der Waals surface area (Å²) in [5.74, 6) is -0.469. The van der Waals surface area contributed by atoms with E-state index >= 15 is 0 Å². The molecule has 1 rings (SSSR count). The van der Waals surface area contributed by atoms with Gasteiger partial charge in [0, 0.05) is 6.54 Å². The van der Waals surface area contributed by atoms with Gasteiger partial charge < -0.3 is 4.90 Å². The molecule has 0 aliphatic carbocycles. The third-order valence-corrected chi connectivity index (χ3v) is 2.94. The lowest BCUT2D eigenvalue weighted by Crippen LogP contribution is -2.33. The normalized spacial score (nSPS) is 11.0. The standard InChI is InChI=1S/C14H16F3N3O/c1-3-4-8-20(9-7-18)13(21)11-5-6-12(14(15,16)17)19-10(11)2/h5-6H,3-4,8-9H2,1-2H3. The second kappa shape index (κ2) is 7.07. The van der Waals surface area contributed by atoms with E-state index < -0.39 is 17.8 Å². The molecule has 1 aromatic heterocycles. The van der Waals surface area contributed by atoms with Gasteiger partial charge in [0.25, 0.3) is 5.91 Å². The molecule has 1 amide bonds. The maximum Gasteiger partial charge on any atom is 0.433 e. The van der Waals surface area contributed by atoms with Gasteiger partial charge in [0.05, 0.1) is 17.3 Å². The average Bonchev–Trinajstić information content (AvgIpc) is 2.41. The zero-order valence-electron chi connectivity index (χ0n) is 11.9. The Morgan fingerprint density at radius 1 is 1.43 bits per heavy atom. The van der Waals surface area contributed by atoms with Crippen molar-refractivity contribution < 1.29 is 18.0 Å². The highest BCUT2D eigenvalue weighted by Crippen LogP contribution is 2.28. The second-order valence-electron chi connectivity index (χ2n) is 4.57. The quantitative estimate of drug-likeness (QED) is 0.785. The Kier molecular flexibility index (Phi) is 5.70. The first kappa shape index (κ1) is 17.0. The van der Waals surface area contributed by atoms with Crippen LogP contribution in [0.25, 0.3) is 0 Å². The topological polar surface area (TPSA) is 57.0 Å². The smallest absolute Gasteiger partial charge is 0.325 e. The van der Waals surface area contributed by atoms with Gasteiger partial charge in [-0.1, -0.05) is 13.3 Å². The Morgan fingerprint density at radius 2 is 2.10 bits per heavy atom. The predicted molar refractivity (Wildman–Crippen MR) is 70.4 cm³/mol. The number of alkyl halides is 3. The minimum Gasteiger partial charge on any atom is -0.325 e. The largest absolute Gasteiger partial charge is 0.433 e. The summed E-state index contributed by atoms with van der Waals surface area (Å²) in [6.45, 7) is 3.59. The van der Waals surface area contributed by atoms with Crippen LogP contribution < -0.4 is 0 Å². The molecule has 0 fully saturated rings. The van der Waals surface area contributed by atoms with Gasteiger partial charge in [-0.15, -0.1) is 0 Å². The molecule has 4 nitrogen and oxygen atoms in total. The number of rotatable bonds is 5. The third kappa shape index (κ3) is 4.45. The Balaban J connectivity index is 3.03. The molecule has 0 spiro atoms. The first-order valence-corrected chi connectivity index (χ1v) is 6.52. The van der Waals surface area contributed by atoms with E-state index in [9.17, 15) is 18.0 Å². The van der Waals surface area contributed by atoms with Crippen LogP contribution in [0.15, 0.2) is 12.1 Å². The molecule has 0 aliphatic heterocycles. The van der Waals surface area contributed by atoms with Crippen LogP contribution in [0.1, 0.15) is 41.5 Å². The number of pyridine rings is 1. The van der Waals surface area contributed by atoms with Crippen LogP contribution in [-0.2, 0) is 6.18 Å². The van der Waals surface area contributed by atoms with Crippen molar-refractivity contribution in [3.8, 4) is 6.07 Å². The first-order chi connectivity index (χ1) is 9.81. The lowest BCUT2D eigenvalue weighted by atomic mass is 10.1. The number of aromatic nitrogens is 1. The first-order valence-electron chi connectivity index (χ1n) is 6.52. The molecule has 1 heterocycles. The zero-order valence-corrected chi connectivity index (χ0v) is 11.9. The van der Waals surface area contributed by atoms with Crippen molar-refractivity contribution >= 4 is 5.91 Å². The summed E-state index contributed by atoms with van der Waals surface area (Å²) in [7, 11) is 0. The summed E-state index contributed by atoms with van der Waals surface area (Å²) in [6, 6.07) is 3.78. The van der Waals surface area contributed by atoms with Gasteiger partial charge in [0.2, 0.25) is 0 Å². The summed E-state index contributed by atoms with van der Waals surface area (Å²) < 4.78 is 37.6. The summed E-state index contributed by atoms with van der Waals surface area (Å²) in [6.07, 6.45) is -2.97. The van der Waals surface area contributed by atoms with Crippen LogP contribution >= 0.6 is 0 Å². The molecule has 0 saturated carbocycles. The van der Waals surface area contributed by atoms with Crippen LogP contribution in [0.4, 0.5) is 13.2 Å². The van der Waals surface area contributed by atoms with E-state index in [4.69, 9.17) is 5.26 Å². The molecule has 21 heavy (non-hydrogen) atoms. The van der Waals surface area contributed by atoms with Crippen LogP contribution in [0.3, 0.4) is 0 Å². The number of nitriles is 1. The van der Waals surface area contributed by atoms with Crippen LogP contribution in [0.5, 0.6) is 0 Å². The fraction of sp³-hybridized carbons (Fsp3) is 0.500. The molecular weight excluding hydrogens is 283 g/mol. The molecule has 0 unspecified atom stereocenters. The van der Waals surface area contributed by atoms with Gasteiger partial charge in [-0.3, -0.25) is 4.79 Å². The molecule has 114 valence electrons. The SMILES string of the molecule is CCCCN(CC#N)C(=O)c1ccc(C(F)(F)F)nc1C. The number of nitrogens with zero attached hydrogens (tertiary/aromatic N) is 3. The lowest BCUT2D eigenvalue weighted by molar-refractivity contribution is -0.141. The fourth-order valence-corrected chi connectivity index (χ4v) is 1.80. The summed E-state index contributed by atoms with van der Waals surface area (Å²) in [5.41, 5.74) is -0.930. The highest BCUT2D eigenvalue weighted by Gasteiger charge is 2.33. The van der Waals surface area contributed by atoms with Crippen LogP contribution in [0, 0.1) is 18.3 Å². The van der Waals surface area contributed by atoms with Crippen molar-refractivity contribution in [3.63, 3.8) is 0 Å². The Bertz CT molecular complexity index is 549. The number of unbranched alkanes of at least 4 members (excludes halogenated alkanes) is 1. The maximum atomic E-state index is 12.5. The molecule has 0 saturated heterocycles. The van der Waals surface area contributed by atoms with E-state index in [-0.39, 0.29) is 17.8 Å². The highest BCUT2D eigenvalue weighted by atomic mass is 19.4. The van der Waals surface area contributed by atoms with Gasteiger partial charge in [-0.05, 0) is 25.5 Å². The molecule has 0 radical (unpaired) electrons. The van der Waals surface area contributed by atoms with E-state index in [0.29, 0.717) is 6.54 Å². The molecule has 0 bridgehead atoms. The Hall–Kier alpha value is -2.10. The number of hydrogen-bond acceptors (Lipinski definition) is 3. The molecule has 0 aromatic carbocycles. The summed E-state index contributed by atoms with van der Waals surface area (Å²) in [4.78, 5) is 17.0. The van der Waals surface area contributed by atoms with Crippen molar-refractivity contribution in [2.75, 3.05) is 13.1 Å². The average molecular weight is 299 g/mol.